The van der Waals surface area contributed by atoms with Crippen LogP contribution in [0.2, 0.25) is 10.0 Å². The lowest BCUT2D eigenvalue weighted by molar-refractivity contribution is 0.0226. The van der Waals surface area contributed by atoms with Crippen LogP contribution >= 0.6 is 23.2 Å². The molecule has 2 aromatic carbocycles. The first kappa shape index (κ1) is 19.2. The molecule has 0 radical (unpaired) electrons. The van der Waals surface area contributed by atoms with Crippen molar-refractivity contribution in [2.45, 2.75) is 31.3 Å². The number of benzene rings is 2. The quantitative estimate of drug-likeness (QED) is 0.696. The Kier molecular flexibility index (Phi) is 6.58. The summed E-state index contributed by atoms with van der Waals surface area (Å²) in [5.41, 5.74) is 1.81. The van der Waals surface area contributed by atoms with Crippen LogP contribution in [0.1, 0.15) is 41.1 Å². The lowest BCUT2D eigenvalue weighted by Crippen LogP contribution is -2.38. The minimum absolute atomic E-state index is 0.00587. The molecule has 1 fully saturated rings. The van der Waals surface area contributed by atoms with Crippen LogP contribution in [-0.2, 0) is 4.74 Å². The van der Waals surface area contributed by atoms with Gasteiger partial charge in [0.05, 0.1) is 16.1 Å². The SMILES string of the molecule is CN(C[C@@H]1OCCCCC1c1ccc(Cl)c(Cl)c1)C(=O)c1ccccc1. The topological polar surface area (TPSA) is 29.5 Å². The number of carbonyl (C=O) groups excluding carboxylic acids is 1. The van der Waals surface area contributed by atoms with Crippen molar-refractivity contribution >= 4 is 29.1 Å². The van der Waals surface area contributed by atoms with E-state index in [0.29, 0.717) is 22.2 Å². The number of rotatable bonds is 4. The van der Waals surface area contributed by atoms with E-state index in [1.54, 1.807) is 4.90 Å². The molecule has 2 aromatic rings. The number of halogens is 2. The molecular formula is C21H23Cl2NO2. The summed E-state index contributed by atoms with van der Waals surface area (Å²) in [6.45, 7) is 1.26. The van der Waals surface area contributed by atoms with Gasteiger partial charge in [0.15, 0.2) is 0 Å². The molecule has 0 bridgehead atoms. The number of amides is 1. The lowest BCUT2D eigenvalue weighted by Gasteiger charge is -2.30. The normalized spacial score (nSPS) is 20.4. The average Bonchev–Trinajstić information content (AvgIpc) is 2.89. The van der Waals surface area contributed by atoms with E-state index in [9.17, 15) is 4.79 Å². The highest BCUT2D eigenvalue weighted by atomic mass is 35.5. The molecule has 3 rings (SSSR count). The van der Waals surface area contributed by atoms with Crippen molar-refractivity contribution in [3.05, 3.63) is 69.7 Å². The third-order valence-electron chi connectivity index (χ3n) is 4.88. The lowest BCUT2D eigenvalue weighted by atomic mass is 9.89. The Bertz CT molecular complexity index is 751. The largest absolute Gasteiger partial charge is 0.376 e. The predicted octanol–water partition coefficient (Wildman–Crippen LogP) is 5.42. The number of hydrogen-bond acceptors (Lipinski definition) is 2. The zero-order valence-corrected chi connectivity index (χ0v) is 16.3. The second-order valence-corrected chi connectivity index (χ2v) is 7.55. The average molecular weight is 392 g/mol. The van der Waals surface area contributed by atoms with E-state index < -0.39 is 0 Å². The van der Waals surface area contributed by atoms with Crippen molar-refractivity contribution in [2.75, 3.05) is 20.2 Å². The molecule has 1 heterocycles. The molecule has 1 unspecified atom stereocenters. The summed E-state index contributed by atoms with van der Waals surface area (Å²) in [7, 11) is 1.83. The fraction of sp³-hybridized carbons (Fsp3) is 0.381. The van der Waals surface area contributed by atoms with Gasteiger partial charge >= 0.3 is 0 Å². The molecule has 1 saturated heterocycles. The van der Waals surface area contributed by atoms with Gasteiger partial charge in [-0.05, 0) is 42.7 Å². The highest BCUT2D eigenvalue weighted by Crippen LogP contribution is 2.34. The van der Waals surface area contributed by atoms with Crippen molar-refractivity contribution in [3.63, 3.8) is 0 Å². The van der Waals surface area contributed by atoms with Gasteiger partial charge in [0.1, 0.15) is 0 Å². The molecule has 3 nitrogen and oxygen atoms in total. The minimum atomic E-state index is -0.0626. The van der Waals surface area contributed by atoms with E-state index >= 15 is 0 Å². The van der Waals surface area contributed by atoms with Crippen molar-refractivity contribution in [2.24, 2.45) is 0 Å². The zero-order chi connectivity index (χ0) is 18.5. The molecule has 138 valence electrons. The van der Waals surface area contributed by atoms with E-state index in [2.05, 4.69) is 0 Å². The van der Waals surface area contributed by atoms with E-state index in [0.717, 1.165) is 31.4 Å². The van der Waals surface area contributed by atoms with Gasteiger partial charge in [0.2, 0.25) is 0 Å². The van der Waals surface area contributed by atoms with Gasteiger partial charge in [-0.25, -0.2) is 0 Å². The molecule has 0 spiro atoms. The Morgan fingerprint density at radius 1 is 1.12 bits per heavy atom. The summed E-state index contributed by atoms with van der Waals surface area (Å²) < 4.78 is 6.13. The molecule has 0 N–H and O–H groups in total. The third kappa shape index (κ3) is 4.59. The van der Waals surface area contributed by atoms with Gasteiger partial charge < -0.3 is 9.64 Å². The Morgan fingerprint density at radius 3 is 2.62 bits per heavy atom. The van der Waals surface area contributed by atoms with Crippen LogP contribution in [0.15, 0.2) is 48.5 Å². The molecule has 1 aliphatic rings. The van der Waals surface area contributed by atoms with Gasteiger partial charge in [0.25, 0.3) is 5.91 Å². The summed E-state index contributed by atoms with van der Waals surface area (Å²) in [6.07, 6.45) is 3.07. The van der Waals surface area contributed by atoms with E-state index in [1.165, 1.54) is 0 Å². The first-order valence-corrected chi connectivity index (χ1v) is 9.69. The van der Waals surface area contributed by atoms with E-state index in [1.807, 2.05) is 55.6 Å². The third-order valence-corrected chi connectivity index (χ3v) is 5.62. The summed E-state index contributed by atoms with van der Waals surface area (Å²) in [5, 5.41) is 1.11. The smallest absolute Gasteiger partial charge is 0.253 e. The first-order chi connectivity index (χ1) is 12.6. The maximum atomic E-state index is 12.7. The molecule has 1 amide bonds. The summed E-state index contributed by atoms with van der Waals surface area (Å²) in [5.74, 6) is 0.199. The minimum Gasteiger partial charge on any atom is -0.376 e. The van der Waals surface area contributed by atoms with Gasteiger partial charge in [0, 0.05) is 31.7 Å². The molecular weight excluding hydrogens is 369 g/mol. The maximum Gasteiger partial charge on any atom is 0.253 e. The van der Waals surface area contributed by atoms with E-state index in [4.69, 9.17) is 27.9 Å². The molecule has 0 saturated carbocycles. The number of nitrogens with zero attached hydrogens (tertiary/aromatic N) is 1. The molecule has 1 aliphatic heterocycles. The van der Waals surface area contributed by atoms with Crippen molar-refractivity contribution in [1.82, 2.24) is 4.90 Å². The molecule has 5 heteroatoms. The summed E-state index contributed by atoms with van der Waals surface area (Å²) >= 11 is 12.3. The van der Waals surface area contributed by atoms with Crippen molar-refractivity contribution in [1.29, 1.82) is 0 Å². The monoisotopic (exact) mass is 391 g/mol. The Morgan fingerprint density at radius 2 is 1.88 bits per heavy atom. The Balaban J connectivity index is 1.78. The summed E-state index contributed by atoms with van der Waals surface area (Å²) in [6, 6.07) is 15.1. The van der Waals surface area contributed by atoms with Crippen molar-refractivity contribution in [3.8, 4) is 0 Å². The van der Waals surface area contributed by atoms with Gasteiger partial charge in [-0.3, -0.25) is 4.79 Å². The number of likely N-dealkylation sites (N-methyl/N-ethyl adjacent to an activating group) is 1. The van der Waals surface area contributed by atoms with Crippen molar-refractivity contribution < 1.29 is 9.53 Å². The van der Waals surface area contributed by atoms with Gasteiger partial charge in [-0.2, -0.15) is 0 Å². The van der Waals surface area contributed by atoms with Crippen LogP contribution in [-0.4, -0.2) is 37.1 Å². The number of carbonyl (C=O) groups is 1. The predicted molar refractivity (Wildman–Crippen MR) is 106 cm³/mol. The maximum absolute atomic E-state index is 12.7. The second-order valence-electron chi connectivity index (χ2n) is 6.74. The van der Waals surface area contributed by atoms with Crippen LogP contribution in [0.5, 0.6) is 0 Å². The van der Waals surface area contributed by atoms with Crippen LogP contribution in [0.25, 0.3) is 0 Å². The standard InChI is InChI=1S/C21H23Cl2NO2/c1-24(21(25)15-7-3-2-4-8-15)14-20-17(9-5-6-12-26-20)16-10-11-18(22)19(23)13-16/h2-4,7-8,10-11,13,17,20H,5-6,9,12,14H2,1H3/t17?,20-/m0/s1. The number of ether oxygens (including phenoxy) is 1. The van der Waals surface area contributed by atoms with Crippen LogP contribution in [0, 0.1) is 0 Å². The fourth-order valence-electron chi connectivity index (χ4n) is 3.46. The first-order valence-electron chi connectivity index (χ1n) is 8.93. The van der Waals surface area contributed by atoms with Crippen LogP contribution < -0.4 is 0 Å². The fourth-order valence-corrected chi connectivity index (χ4v) is 3.77. The molecule has 0 aromatic heterocycles. The van der Waals surface area contributed by atoms with Crippen LogP contribution in [0.3, 0.4) is 0 Å². The highest BCUT2D eigenvalue weighted by Gasteiger charge is 2.29. The van der Waals surface area contributed by atoms with E-state index in [-0.39, 0.29) is 17.9 Å². The van der Waals surface area contributed by atoms with Gasteiger partial charge in [-0.15, -0.1) is 0 Å². The molecule has 0 aliphatic carbocycles. The molecule has 26 heavy (non-hydrogen) atoms. The second kappa shape index (κ2) is 8.90. The number of hydrogen-bond donors (Lipinski definition) is 0. The van der Waals surface area contributed by atoms with Gasteiger partial charge in [-0.1, -0.05) is 53.9 Å². The Hall–Kier alpha value is -1.55. The Labute approximate surface area is 164 Å². The molecule has 2 atom stereocenters. The zero-order valence-electron chi connectivity index (χ0n) is 14.8. The summed E-state index contributed by atoms with van der Waals surface area (Å²) in [4.78, 5) is 14.4. The highest BCUT2D eigenvalue weighted by molar-refractivity contribution is 6.42. The van der Waals surface area contributed by atoms with Crippen LogP contribution in [0.4, 0.5) is 0 Å².